The van der Waals surface area contributed by atoms with E-state index in [4.69, 9.17) is 0 Å². The monoisotopic (exact) mass is 344 g/mol. The highest BCUT2D eigenvalue weighted by molar-refractivity contribution is 5.78. The fraction of sp³-hybridized carbons (Fsp3) is 0.579. The number of hydrogen-bond donors (Lipinski definition) is 1. The van der Waals surface area contributed by atoms with Crippen LogP contribution in [-0.2, 0) is 4.79 Å². The van der Waals surface area contributed by atoms with Crippen LogP contribution in [0.15, 0.2) is 30.3 Å². The van der Waals surface area contributed by atoms with E-state index < -0.39 is 0 Å². The van der Waals surface area contributed by atoms with Crippen molar-refractivity contribution < 1.29 is 9.59 Å². The Bertz CT molecular complexity index is 584. The lowest BCUT2D eigenvalue weighted by molar-refractivity contribution is -0.130. The minimum Gasteiger partial charge on any atom is -0.373 e. The molecule has 3 amide bonds. The lowest BCUT2D eigenvalue weighted by Gasteiger charge is -2.36. The molecule has 6 heteroatoms. The largest absolute Gasteiger partial charge is 0.373 e. The summed E-state index contributed by atoms with van der Waals surface area (Å²) >= 11 is 0. The summed E-state index contributed by atoms with van der Waals surface area (Å²) < 4.78 is 0. The quantitative estimate of drug-likeness (QED) is 0.888. The first-order valence-corrected chi connectivity index (χ1v) is 9.23. The number of rotatable bonds is 5. The number of para-hydroxylation sites is 1. The molecule has 0 bridgehead atoms. The molecule has 0 spiro atoms. The molecule has 25 heavy (non-hydrogen) atoms. The molecule has 1 aromatic carbocycles. The molecule has 6 nitrogen and oxygen atoms in total. The van der Waals surface area contributed by atoms with Crippen molar-refractivity contribution in [2.45, 2.75) is 31.7 Å². The molecular weight excluding hydrogens is 316 g/mol. The van der Waals surface area contributed by atoms with Gasteiger partial charge < -0.3 is 20.0 Å². The number of piperidine rings is 1. The Balaban J connectivity index is 1.37. The molecule has 0 aliphatic carbocycles. The molecule has 0 saturated carbocycles. The van der Waals surface area contributed by atoms with Crippen LogP contribution in [0.3, 0.4) is 0 Å². The van der Waals surface area contributed by atoms with Crippen molar-refractivity contribution in [2.24, 2.45) is 0 Å². The van der Waals surface area contributed by atoms with Gasteiger partial charge in [0.2, 0.25) is 5.91 Å². The number of carbonyl (C=O) groups is 2. The number of anilines is 1. The number of likely N-dealkylation sites (tertiary alicyclic amines) is 2. The minimum absolute atomic E-state index is 0.00709. The standard InChI is InChI=1S/C19H28N4O2/c1-21(16-6-3-2-4-7-16)15-11-20-19(25)22-13-9-17(10-14-22)23-12-5-8-18(23)24/h2-4,6-7,17H,5,8-15H2,1H3,(H,20,25). The number of amides is 3. The summed E-state index contributed by atoms with van der Waals surface area (Å²) in [5, 5.41) is 3.01. The number of nitrogens with zero attached hydrogens (tertiary/aromatic N) is 3. The van der Waals surface area contributed by atoms with Gasteiger partial charge in [0.25, 0.3) is 0 Å². The van der Waals surface area contributed by atoms with E-state index in [0.29, 0.717) is 19.0 Å². The van der Waals surface area contributed by atoms with Gasteiger partial charge >= 0.3 is 6.03 Å². The first kappa shape index (κ1) is 17.6. The predicted molar refractivity (Wildman–Crippen MR) is 98.7 cm³/mol. The molecule has 0 atom stereocenters. The molecule has 136 valence electrons. The van der Waals surface area contributed by atoms with E-state index in [1.54, 1.807) is 0 Å². The van der Waals surface area contributed by atoms with E-state index >= 15 is 0 Å². The van der Waals surface area contributed by atoms with Crippen molar-refractivity contribution in [1.29, 1.82) is 0 Å². The molecule has 1 N–H and O–H groups in total. The third-order valence-electron chi connectivity index (χ3n) is 5.22. The molecule has 1 aromatic rings. The zero-order valence-corrected chi connectivity index (χ0v) is 15.0. The molecule has 0 aromatic heterocycles. The SMILES string of the molecule is CN(CCNC(=O)N1CCC(N2CCCC2=O)CC1)c1ccccc1. The lowest BCUT2D eigenvalue weighted by atomic mass is 10.0. The van der Waals surface area contributed by atoms with E-state index in [1.165, 1.54) is 0 Å². The topological polar surface area (TPSA) is 55.9 Å². The number of benzene rings is 1. The molecule has 2 heterocycles. The van der Waals surface area contributed by atoms with Crippen LogP contribution in [0, 0.1) is 0 Å². The first-order chi connectivity index (χ1) is 12.1. The van der Waals surface area contributed by atoms with Gasteiger partial charge in [0, 0.05) is 57.9 Å². The van der Waals surface area contributed by atoms with Crippen molar-refractivity contribution >= 4 is 17.6 Å². The molecule has 2 aliphatic rings. The molecule has 0 unspecified atom stereocenters. The number of urea groups is 1. The van der Waals surface area contributed by atoms with Crippen LogP contribution in [0.2, 0.25) is 0 Å². The molecule has 3 rings (SSSR count). The van der Waals surface area contributed by atoms with Gasteiger partial charge in [0.1, 0.15) is 0 Å². The van der Waals surface area contributed by atoms with Gasteiger partial charge in [0.05, 0.1) is 0 Å². The van der Waals surface area contributed by atoms with E-state index in [9.17, 15) is 9.59 Å². The van der Waals surface area contributed by atoms with Crippen LogP contribution in [0.5, 0.6) is 0 Å². The smallest absolute Gasteiger partial charge is 0.317 e. The maximum atomic E-state index is 12.3. The van der Waals surface area contributed by atoms with Crippen molar-refractivity contribution in [1.82, 2.24) is 15.1 Å². The minimum atomic E-state index is 0.00709. The van der Waals surface area contributed by atoms with E-state index in [-0.39, 0.29) is 11.9 Å². The third-order valence-corrected chi connectivity index (χ3v) is 5.22. The maximum Gasteiger partial charge on any atom is 0.317 e. The van der Waals surface area contributed by atoms with Crippen molar-refractivity contribution in [3.05, 3.63) is 30.3 Å². The Kier molecular flexibility index (Phi) is 5.79. The lowest BCUT2D eigenvalue weighted by Crippen LogP contribution is -2.50. The summed E-state index contributed by atoms with van der Waals surface area (Å²) in [4.78, 5) is 30.2. The van der Waals surface area contributed by atoms with Gasteiger partial charge in [0.15, 0.2) is 0 Å². The van der Waals surface area contributed by atoms with E-state index in [2.05, 4.69) is 22.3 Å². The van der Waals surface area contributed by atoms with Crippen LogP contribution in [0.25, 0.3) is 0 Å². The number of carbonyl (C=O) groups excluding carboxylic acids is 2. The maximum absolute atomic E-state index is 12.3. The summed E-state index contributed by atoms with van der Waals surface area (Å²) in [6.07, 6.45) is 3.45. The highest BCUT2D eigenvalue weighted by atomic mass is 16.2. The third kappa shape index (κ3) is 4.44. The Morgan fingerprint density at radius 1 is 1.20 bits per heavy atom. The molecular formula is C19H28N4O2. The number of nitrogens with one attached hydrogen (secondary N) is 1. The molecule has 2 saturated heterocycles. The Morgan fingerprint density at radius 3 is 2.56 bits per heavy atom. The van der Waals surface area contributed by atoms with E-state index in [1.807, 2.05) is 35.0 Å². The average molecular weight is 344 g/mol. The summed E-state index contributed by atoms with van der Waals surface area (Å²) in [5.74, 6) is 0.284. The van der Waals surface area contributed by atoms with Gasteiger partial charge in [-0.05, 0) is 31.4 Å². The van der Waals surface area contributed by atoms with Crippen LogP contribution < -0.4 is 10.2 Å². The van der Waals surface area contributed by atoms with Gasteiger partial charge in [-0.25, -0.2) is 4.79 Å². The summed E-state index contributed by atoms with van der Waals surface area (Å²) in [6, 6.07) is 10.5. The van der Waals surface area contributed by atoms with Gasteiger partial charge in [-0.1, -0.05) is 18.2 Å². The fourth-order valence-electron chi connectivity index (χ4n) is 3.69. The Hall–Kier alpha value is -2.24. The normalized spacial score (nSPS) is 18.5. The Morgan fingerprint density at radius 2 is 1.92 bits per heavy atom. The zero-order chi connectivity index (χ0) is 17.6. The summed E-state index contributed by atoms with van der Waals surface area (Å²) in [7, 11) is 2.03. The van der Waals surface area contributed by atoms with Crippen LogP contribution in [-0.4, -0.2) is 67.6 Å². The molecule has 2 fully saturated rings. The average Bonchev–Trinajstić information content (AvgIpc) is 3.08. The van der Waals surface area contributed by atoms with Gasteiger partial charge in [-0.15, -0.1) is 0 Å². The number of hydrogen-bond acceptors (Lipinski definition) is 3. The molecule has 0 radical (unpaired) electrons. The highest BCUT2D eigenvalue weighted by Crippen LogP contribution is 2.22. The fourth-order valence-corrected chi connectivity index (χ4v) is 3.69. The summed E-state index contributed by atoms with van der Waals surface area (Å²) in [6.45, 7) is 3.74. The second kappa shape index (κ2) is 8.23. The second-order valence-electron chi connectivity index (χ2n) is 6.90. The first-order valence-electron chi connectivity index (χ1n) is 9.23. The van der Waals surface area contributed by atoms with Gasteiger partial charge in [-0.3, -0.25) is 4.79 Å². The van der Waals surface area contributed by atoms with Crippen LogP contribution in [0.4, 0.5) is 10.5 Å². The van der Waals surface area contributed by atoms with Crippen LogP contribution >= 0.6 is 0 Å². The van der Waals surface area contributed by atoms with Crippen molar-refractivity contribution in [2.75, 3.05) is 44.7 Å². The molecule has 2 aliphatic heterocycles. The Labute approximate surface area is 149 Å². The predicted octanol–water partition coefficient (Wildman–Crippen LogP) is 1.92. The van der Waals surface area contributed by atoms with Gasteiger partial charge in [-0.2, -0.15) is 0 Å². The zero-order valence-electron chi connectivity index (χ0n) is 15.0. The summed E-state index contributed by atoms with van der Waals surface area (Å²) in [5.41, 5.74) is 1.15. The highest BCUT2D eigenvalue weighted by Gasteiger charge is 2.31. The number of likely N-dealkylation sites (N-methyl/N-ethyl adjacent to an activating group) is 1. The van der Waals surface area contributed by atoms with Crippen molar-refractivity contribution in [3.63, 3.8) is 0 Å². The second-order valence-corrected chi connectivity index (χ2v) is 6.90. The van der Waals surface area contributed by atoms with E-state index in [0.717, 1.165) is 51.1 Å². The van der Waals surface area contributed by atoms with Crippen molar-refractivity contribution in [3.8, 4) is 0 Å². The van der Waals surface area contributed by atoms with Crippen LogP contribution in [0.1, 0.15) is 25.7 Å².